The van der Waals surface area contributed by atoms with Crippen molar-refractivity contribution < 1.29 is 9.53 Å². The smallest absolute Gasteiger partial charge is 0.262 e. The first-order chi connectivity index (χ1) is 11.0. The van der Waals surface area contributed by atoms with Gasteiger partial charge in [-0.05, 0) is 54.7 Å². The van der Waals surface area contributed by atoms with Gasteiger partial charge in [0.2, 0.25) is 0 Å². The number of hydrogen-bond donors (Lipinski definition) is 2. The number of nitrogens with one attached hydrogen (secondary N) is 1. The van der Waals surface area contributed by atoms with E-state index in [9.17, 15) is 4.79 Å². The summed E-state index contributed by atoms with van der Waals surface area (Å²) in [6, 6.07) is 13.3. The molecule has 0 spiro atoms. The predicted molar refractivity (Wildman–Crippen MR) is 94.9 cm³/mol. The third kappa shape index (κ3) is 4.49. The van der Waals surface area contributed by atoms with Crippen LogP contribution in [-0.2, 0) is 4.79 Å². The van der Waals surface area contributed by atoms with Crippen molar-refractivity contribution >= 4 is 17.3 Å². The molecule has 3 N–H and O–H groups in total. The molecule has 0 heterocycles. The van der Waals surface area contributed by atoms with E-state index in [4.69, 9.17) is 10.5 Å². The van der Waals surface area contributed by atoms with Crippen molar-refractivity contribution in [3.05, 3.63) is 53.6 Å². The lowest BCUT2D eigenvalue weighted by Gasteiger charge is -2.16. The normalized spacial score (nSPS) is 11.8. The van der Waals surface area contributed by atoms with Crippen LogP contribution in [0.1, 0.15) is 37.3 Å². The highest BCUT2D eigenvalue weighted by molar-refractivity contribution is 5.92. The fourth-order valence-corrected chi connectivity index (χ4v) is 2.40. The van der Waals surface area contributed by atoms with Crippen molar-refractivity contribution in [2.75, 3.05) is 17.7 Å². The van der Waals surface area contributed by atoms with Gasteiger partial charge in [0.15, 0.2) is 6.61 Å². The van der Waals surface area contributed by atoms with Gasteiger partial charge in [0.1, 0.15) is 5.75 Å². The van der Waals surface area contributed by atoms with Crippen LogP contribution in [0.15, 0.2) is 42.5 Å². The van der Waals surface area contributed by atoms with Crippen molar-refractivity contribution in [3.63, 3.8) is 0 Å². The van der Waals surface area contributed by atoms with Gasteiger partial charge in [0.25, 0.3) is 5.91 Å². The Bertz CT molecular complexity index is 683. The Morgan fingerprint density at radius 2 is 2.00 bits per heavy atom. The molecule has 1 amide bonds. The fourth-order valence-electron chi connectivity index (χ4n) is 2.40. The number of anilines is 2. The molecule has 1 atom stereocenters. The predicted octanol–water partition coefficient (Wildman–Crippen LogP) is 4.11. The van der Waals surface area contributed by atoms with Crippen LogP contribution < -0.4 is 15.8 Å². The number of nitrogen functional groups attached to an aromatic ring is 1. The Morgan fingerprint density at radius 1 is 1.26 bits per heavy atom. The van der Waals surface area contributed by atoms with Gasteiger partial charge in [-0.1, -0.05) is 32.0 Å². The van der Waals surface area contributed by atoms with Crippen LogP contribution in [0.4, 0.5) is 11.4 Å². The first kappa shape index (κ1) is 16.9. The highest BCUT2D eigenvalue weighted by Gasteiger charge is 2.11. The molecule has 2 aromatic rings. The lowest BCUT2D eigenvalue weighted by atomic mass is 9.98. The average Bonchev–Trinajstić information content (AvgIpc) is 2.55. The zero-order chi connectivity index (χ0) is 16.8. The van der Waals surface area contributed by atoms with Crippen molar-refractivity contribution in [2.24, 2.45) is 0 Å². The van der Waals surface area contributed by atoms with Gasteiger partial charge >= 0.3 is 0 Å². The second kappa shape index (κ2) is 7.68. The number of amides is 1. The SMILES string of the molecule is CC[C@H](C)c1ccccc1OCC(=O)Nc1ccc(N)cc1C. The number of aryl methyl sites for hydroxylation is 1. The van der Waals surface area contributed by atoms with Crippen LogP contribution in [-0.4, -0.2) is 12.5 Å². The third-order valence-corrected chi connectivity index (χ3v) is 3.95. The topological polar surface area (TPSA) is 64.3 Å². The molecule has 0 bridgehead atoms. The summed E-state index contributed by atoms with van der Waals surface area (Å²) in [6.07, 6.45) is 1.03. The highest BCUT2D eigenvalue weighted by atomic mass is 16.5. The van der Waals surface area contributed by atoms with E-state index in [0.717, 1.165) is 29.0 Å². The molecule has 0 fully saturated rings. The summed E-state index contributed by atoms with van der Waals surface area (Å²) in [5.41, 5.74) is 9.21. The maximum absolute atomic E-state index is 12.1. The van der Waals surface area contributed by atoms with Crippen LogP contribution in [0, 0.1) is 6.92 Å². The van der Waals surface area contributed by atoms with Crippen molar-refractivity contribution in [3.8, 4) is 5.75 Å². The molecule has 0 saturated heterocycles. The largest absolute Gasteiger partial charge is 0.483 e. The summed E-state index contributed by atoms with van der Waals surface area (Å²) in [4.78, 5) is 12.1. The molecule has 4 heteroatoms. The van der Waals surface area contributed by atoms with E-state index >= 15 is 0 Å². The molecular formula is C19H24N2O2. The van der Waals surface area contributed by atoms with E-state index in [1.165, 1.54) is 0 Å². The summed E-state index contributed by atoms with van der Waals surface area (Å²) in [5, 5.41) is 2.85. The van der Waals surface area contributed by atoms with Gasteiger partial charge in [0.05, 0.1) is 0 Å². The summed E-state index contributed by atoms with van der Waals surface area (Å²) >= 11 is 0. The zero-order valence-corrected chi connectivity index (χ0v) is 13.9. The Kier molecular flexibility index (Phi) is 5.63. The van der Waals surface area contributed by atoms with Gasteiger partial charge in [-0.3, -0.25) is 4.79 Å². The number of hydrogen-bond acceptors (Lipinski definition) is 3. The van der Waals surface area contributed by atoms with Crippen molar-refractivity contribution in [1.82, 2.24) is 0 Å². The fraction of sp³-hybridized carbons (Fsp3) is 0.316. The number of carbonyl (C=O) groups excluding carboxylic acids is 1. The minimum absolute atomic E-state index is 0.0166. The number of para-hydroxylation sites is 1. The van der Waals surface area contributed by atoms with Crippen LogP contribution in [0.25, 0.3) is 0 Å². The number of rotatable bonds is 6. The third-order valence-electron chi connectivity index (χ3n) is 3.95. The van der Waals surface area contributed by atoms with Crippen LogP contribution >= 0.6 is 0 Å². The molecule has 0 aromatic heterocycles. The first-order valence-electron chi connectivity index (χ1n) is 7.89. The van der Waals surface area contributed by atoms with Crippen LogP contribution in [0.2, 0.25) is 0 Å². The summed E-state index contributed by atoms with van der Waals surface area (Å²) < 4.78 is 5.72. The van der Waals surface area contributed by atoms with Gasteiger partial charge in [0, 0.05) is 11.4 Å². The van der Waals surface area contributed by atoms with Crippen molar-refractivity contribution in [2.45, 2.75) is 33.1 Å². The van der Waals surface area contributed by atoms with Gasteiger partial charge < -0.3 is 15.8 Å². The quantitative estimate of drug-likeness (QED) is 0.789. The van der Waals surface area contributed by atoms with E-state index < -0.39 is 0 Å². The average molecular weight is 312 g/mol. The summed E-state index contributed by atoms with van der Waals surface area (Å²) in [6.45, 7) is 6.18. The van der Waals surface area contributed by atoms with E-state index in [1.54, 1.807) is 12.1 Å². The monoisotopic (exact) mass is 312 g/mol. The minimum atomic E-state index is -0.183. The Balaban J connectivity index is 2.00. The molecule has 23 heavy (non-hydrogen) atoms. The molecule has 0 saturated carbocycles. The molecule has 0 unspecified atom stereocenters. The van der Waals surface area contributed by atoms with E-state index in [1.807, 2.05) is 37.3 Å². The molecule has 0 radical (unpaired) electrons. The maximum atomic E-state index is 12.1. The van der Waals surface area contributed by atoms with Gasteiger partial charge in [-0.25, -0.2) is 0 Å². The van der Waals surface area contributed by atoms with E-state index in [-0.39, 0.29) is 12.5 Å². The molecule has 0 aliphatic rings. The second-order valence-corrected chi connectivity index (χ2v) is 5.76. The lowest BCUT2D eigenvalue weighted by molar-refractivity contribution is -0.118. The number of benzene rings is 2. The molecule has 0 aliphatic heterocycles. The molecule has 4 nitrogen and oxygen atoms in total. The molecule has 0 aliphatic carbocycles. The van der Waals surface area contributed by atoms with E-state index in [0.29, 0.717) is 11.6 Å². The molecule has 2 rings (SSSR count). The highest BCUT2D eigenvalue weighted by Crippen LogP contribution is 2.28. The number of nitrogens with two attached hydrogens (primary N) is 1. The number of carbonyl (C=O) groups is 1. The first-order valence-corrected chi connectivity index (χ1v) is 7.89. The molecule has 122 valence electrons. The van der Waals surface area contributed by atoms with Crippen LogP contribution in [0.5, 0.6) is 5.75 Å². The Hall–Kier alpha value is -2.49. The number of ether oxygens (including phenoxy) is 1. The lowest BCUT2D eigenvalue weighted by Crippen LogP contribution is -2.21. The van der Waals surface area contributed by atoms with Gasteiger partial charge in [-0.2, -0.15) is 0 Å². The summed E-state index contributed by atoms with van der Waals surface area (Å²) in [7, 11) is 0. The Morgan fingerprint density at radius 3 is 2.70 bits per heavy atom. The van der Waals surface area contributed by atoms with Crippen LogP contribution in [0.3, 0.4) is 0 Å². The molecular weight excluding hydrogens is 288 g/mol. The second-order valence-electron chi connectivity index (χ2n) is 5.76. The van der Waals surface area contributed by atoms with Crippen molar-refractivity contribution in [1.29, 1.82) is 0 Å². The molecule has 2 aromatic carbocycles. The van der Waals surface area contributed by atoms with E-state index in [2.05, 4.69) is 19.2 Å². The zero-order valence-electron chi connectivity index (χ0n) is 13.9. The maximum Gasteiger partial charge on any atom is 0.262 e. The summed E-state index contributed by atoms with van der Waals surface area (Å²) in [5.74, 6) is 0.983. The van der Waals surface area contributed by atoms with Gasteiger partial charge in [-0.15, -0.1) is 0 Å². The Labute approximate surface area is 137 Å². The standard InChI is InChI=1S/C19H24N2O2/c1-4-13(2)16-7-5-6-8-18(16)23-12-19(22)21-17-10-9-15(20)11-14(17)3/h5-11,13H,4,12,20H2,1-3H3,(H,21,22)/t13-/m0/s1. The minimum Gasteiger partial charge on any atom is -0.483 e.